The summed E-state index contributed by atoms with van der Waals surface area (Å²) in [6.45, 7) is -0.162. The van der Waals surface area contributed by atoms with Crippen molar-refractivity contribution in [2.75, 3.05) is 0 Å². The summed E-state index contributed by atoms with van der Waals surface area (Å²) in [6.07, 6.45) is -6.22. The number of halogens is 4. The van der Waals surface area contributed by atoms with Crippen LogP contribution in [0.4, 0.5) is 18.0 Å². The van der Waals surface area contributed by atoms with E-state index in [0.29, 0.717) is 5.56 Å². The van der Waals surface area contributed by atoms with Gasteiger partial charge in [0.25, 0.3) is 0 Å². The van der Waals surface area contributed by atoms with Gasteiger partial charge in [0.05, 0.1) is 0 Å². The summed E-state index contributed by atoms with van der Waals surface area (Å²) in [6, 6.07) is 8.47. The van der Waals surface area contributed by atoms with Crippen molar-refractivity contribution in [1.29, 1.82) is 0 Å². The van der Waals surface area contributed by atoms with Crippen LogP contribution in [-0.2, 0) is 11.3 Å². The molecule has 3 nitrogen and oxygen atoms in total. The molecule has 0 heterocycles. The van der Waals surface area contributed by atoms with Crippen LogP contribution in [0.1, 0.15) is 5.56 Å². The fraction of sp³-hybridized carbons (Fsp3) is 0.200. The molecule has 0 saturated heterocycles. The number of rotatable bonds is 2. The van der Waals surface area contributed by atoms with E-state index >= 15 is 0 Å². The van der Waals surface area contributed by atoms with Gasteiger partial charge >= 0.3 is 12.3 Å². The molecule has 0 bridgehead atoms. The Morgan fingerprint density at radius 2 is 1.88 bits per heavy atom. The molecular formula is C10H7ClF3NO2. The van der Waals surface area contributed by atoms with Gasteiger partial charge in [-0.3, -0.25) is 0 Å². The van der Waals surface area contributed by atoms with Gasteiger partial charge in [0, 0.05) is 0 Å². The largest absolute Gasteiger partial charge is 0.444 e. The van der Waals surface area contributed by atoms with Crippen LogP contribution < -0.4 is 0 Å². The highest BCUT2D eigenvalue weighted by Gasteiger charge is 2.35. The Balaban J connectivity index is 2.52. The Morgan fingerprint density at radius 3 is 2.41 bits per heavy atom. The molecule has 0 aliphatic heterocycles. The van der Waals surface area contributed by atoms with Crippen molar-refractivity contribution in [1.82, 2.24) is 0 Å². The second-order valence-electron chi connectivity index (χ2n) is 2.94. The smallest absolute Gasteiger partial charge is 0.443 e. The fourth-order valence-electron chi connectivity index (χ4n) is 0.895. The summed E-state index contributed by atoms with van der Waals surface area (Å²) in [4.78, 5) is 13.4. The van der Waals surface area contributed by atoms with Crippen molar-refractivity contribution < 1.29 is 22.7 Å². The van der Waals surface area contributed by atoms with E-state index in [1.54, 1.807) is 30.3 Å². The van der Waals surface area contributed by atoms with Crippen LogP contribution in [0.5, 0.6) is 0 Å². The second-order valence-corrected chi connectivity index (χ2v) is 3.30. The number of nitrogens with zero attached hydrogens (tertiary/aromatic N) is 1. The maximum atomic E-state index is 11.9. The van der Waals surface area contributed by atoms with Gasteiger partial charge in [0.2, 0.25) is 5.17 Å². The summed E-state index contributed by atoms with van der Waals surface area (Å²) in [5, 5.41) is -1.75. The molecule has 0 aromatic heterocycles. The molecule has 7 heteroatoms. The van der Waals surface area contributed by atoms with E-state index in [1.807, 2.05) is 0 Å². The summed E-state index contributed by atoms with van der Waals surface area (Å²) in [7, 11) is 0. The molecule has 1 rings (SSSR count). The molecule has 0 unspecified atom stereocenters. The molecule has 17 heavy (non-hydrogen) atoms. The lowest BCUT2D eigenvalue weighted by atomic mass is 10.2. The monoisotopic (exact) mass is 265 g/mol. The summed E-state index contributed by atoms with van der Waals surface area (Å²) in [5.74, 6) is 0. The van der Waals surface area contributed by atoms with Crippen molar-refractivity contribution in [3.8, 4) is 0 Å². The third-order valence-electron chi connectivity index (χ3n) is 1.63. The first-order valence-electron chi connectivity index (χ1n) is 4.41. The number of ether oxygens (including phenoxy) is 1. The molecule has 0 aliphatic rings. The first-order valence-corrected chi connectivity index (χ1v) is 4.79. The van der Waals surface area contributed by atoms with Crippen molar-refractivity contribution >= 4 is 22.9 Å². The zero-order valence-electron chi connectivity index (χ0n) is 8.37. The molecule has 0 atom stereocenters. The first kappa shape index (κ1) is 13.5. The maximum Gasteiger partial charge on any atom is 0.444 e. The molecule has 0 N–H and O–H groups in total. The van der Waals surface area contributed by atoms with Gasteiger partial charge in [-0.05, 0) is 5.56 Å². The lowest BCUT2D eigenvalue weighted by Crippen LogP contribution is -2.18. The van der Waals surface area contributed by atoms with Gasteiger partial charge in [-0.2, -0.15) is 18.2 Å². The van der Waals surface area contributed by atoms with Crippen molar-refractivity contribution in [3.63, 3.8) is 0 Å². The number of carbonyl (C=O) groups excluding carboxylic acids is 1. The number of alkyl halides is 3. The average Bonchev–Trinajstić information content (AvgIpc) is 2.26. The van der Waals surface area contributed by atoms with E-state index < -0.39 is 17.4 Å². The molecule has 1 aromatic rings. The average molecular weight is 266 g/mol. The number of hydrogen-bond acceptors (Lipinski definition) is 2. The highest BCUT2D eigenvalue weighted by Crippen LogP contribution is 2.20. The van der Waals surface area contributed by atoms with Crippen LogP contribution >= 0.6 is 11.6 Å². The Hall–Kier alpha value is -1.56. The predicted octanol–water partition coefficient (Wildman–Crippen LogP) is 3.52. The topological polar surface area (TPSA) is 38.7 Å². The number of benzene rings is 1. The van der Waals surface area contributed by atoms with Gasteiger partial charge in [-0.15, -0.1) is 0 Å². The molecule has 0 fully saturated rings. The first-order chi connectivity index (χ1) is 7.89. The van der Waals surface area contributed by atoms with Crippen LogP contribution in [0.25, 0.3) is 0 Å². The zero-order valence-corrected chi connectivity index (χ0v) is 9.13. The second kappa shape index (κ2) is 5.67. The van der Waals surface area contributed by atoms with Gasteiger partial charge in [-0.1, -0.05) is 41.9 Å². The minimum Gasteiger partial charge on any atom is -0.443 e. The summed E-state index contributed by atoms with van der Waals surface area (Å²) in [5.41, 5.74) is 0.638. The van der Waals surface area contributed by atoms with Crippen LogP contribution in [0.3, 0.4) is 0 Å². The minimum atomic E-state index is -4.84. The maximum absolute atomic E-state index is 11.9. The van der Waals surface area contributed by atoms with E-state index in [2.05, 4.69) is 9.73 Å². The molecule has 0 spiro atoms. The Labute approximate surface area is 99.9 Å². The third-order valence-corrected chi connectivity index (χ3v) is 1.93. The lowest BCUT2D eigenvalue weighted by molar-refractivity contribution is -0.0561. The van der Waals surface area contributed by atoms with Crippen molar-refractivity contribution in [3.05, 3.63) is 35.9 Å². The summed E-state index contributed by atoms with van der Waals surface area (Å²) < 4.78 is 40.2. The quantitative estimate of drug-likeness (QED) is 0.768. The normalized spacial score (nSPS) is 12.4. The summed E-state index contributed by atoms with van der Waals surface area (Å²) >= 11 is 4.76. The molecule has 1 amide bonds. The highest BCUT2D eigenvalue weighted by atomic mass is 35.5. The van der Waals surface area contributed by atoms with Gasteiger partial charge < -0.3 is 4.74 Å². The standard InChI is InChI=1S/C10H7ClF3NO2/c11-8(10(12,13)14)15-9(16)17-6-7-4-2-1-3-5-7/h1-5H,6H2. The molecule has 0 aliphatic carbocycles. The minimum absolute atomic E-state index is 0.162. The predicted molar refractivity (Wildman–Crippen MR) is 56.0 cm³/mol. The van der Waals surface area contributed by atoms with Crippen LogP contribution in [-0.4, -0.2) is 17.4 Å². The Bertz CT molecular complexity index is 417. The fourth-order valence-corrected chi connectivity index (χ4v) is 0.964. The van der Waals surface area contributed by atoms with Gasteiger partial charge in [0.1, 0.15) is 6.61 Å². The van der Waals surface area contributed by atoms with E-state index in [-0.39, 0.29) is 6.61 Å². The Morgan fingerprint density at radius 1 is 1.29 bits per heavy atom. The van der Waals surface area contributed by atoms with Crippen molar-refractivity contribution in [2.24, 2.45) is 4.99 Å². The molecule has 1 aromatic carbocycles. The molecular weight excluding hydrogens is 259 g/mol. The van der Waals surface area contributed by atoms with Gasteiger partial charge in [-0.25, -0.2) is 4.79 Å². The van der Waals surface area contributed by atoms with Crippen LogP contribution in [0, 0.1) is 0 Å². The van der Waals surface area contributed by atoms with E-state index in [9.17, 15) is 18.0 Å². The van der Waals surface area contributed by atoms with Crippen molar-refractivity contribution in [2.45, 2.75) is 12.8 Å². The lowest BCUT2D eigenvalue weighted by Gasteiger charge is -2.04. The highest BCUT2D eigenvalue weighted by molar-refractivity contribution is 6.67. The Kier molecular flexibility index (Phi) is 4.51. The van der Waals surface area contributed by atoms with E-state index in [0.717, 1.165) is 0 Å². The number of aliphatic imine (C=N–C) groups is 1. The third kappa shape index (κ3) is 4.86. The SMILES string of the molecule is O=C(N=C(Cl)C(F)(F)F)OCc1ccccc1. The number of amides is 1. The molecule has 92 valence electrons. The number of carbonyl (C=O) groups is 1. The van der Waals surface area contributed by atoms with E-state index in [1.165, 1.54) is 0 Å². The zero-order chi connectivity index (χ0) is 12.9. The number of hydrogen-bond donors (Lipinski definition) is 0. The van der Waals surface area contributed by atoms with Gasteiger partial charge in [0.15, 0.2) is 0 Å². The van der Waals surface area contributed by atoms with Crippen LogP contribution in [0.2, 0.25) is 0 Å². The molecule has 0 radical (unpaired) electrons. The van der Waals surface area contributed by atoms with Crippen LogP contribution in [0.15, 0.2) is 35.3 Å². The molecule has 0 saturated carbocycles. The van der Waals surface area contributed by atoms with E-state index in [4.69, 9.17) is 11.6 Å².